The Kier molecular flexibility index (Phi) is 5.81. The van der Waals surface area contributed by atoms with E-state index in [1.165, 1.54) is 0 Å². The number of piperidine rings is 1. The molecule has 1 unspecified atom stereocenters. The van der Waals surface area contributed by atoms with Crippen molar-refractivity contribution in [3.05, 3.63) is 11.4 Å². The van der Waals surface area contributed by atoms with Crippen LogP contribution < -0.4 is 10.6 Å². The topological polar surface area (TPSA) is 109 Å². The first-order valence-corrected chi connectivity index (χ1v) is 10.9. The van der Waals surface area contributed by atoms with E-state index in [1.54, 1.807) is 8.99 Å². The lowest BCUT2D eigenvalue weighted by Gasteiger charge is -2.32. The molecule has 1 fully saturated rings. The normalized spacial score (nSPS) is 22.0. The molecular weight excluding hydrogens is 356 g/mol. The maximum atomic E-state index is 12.3. The molecule has 26 heavy (non-hydrogen) atoms. The number of hydrogen-bond acceptors (Lipinski definition) is 5. The molecule has 1 aromatic rings. The SMILES string of the molecule is CCCS(=O)(=O)N1CCC(NC(=O)NC2CCc3c(nnn3C)C2)CC1. The molecule has 1 saturated heterocycles. The predicted octanol–water partition coefficient (Wildman–Crippen LogP) is 0.176. The van der Waals surface area contributed by atoms with E-state index in [-0.39, 0.29) is 23.9 Å². The van der Waals surface area contributed by atoms with Crippen LogP contribution in [-0.2, 0) is 29.9 Å². The first-order chi connectivity index (χ1) is 12.4. The Morgan fingerprint density at radius 2 is 1.88 bits per heavy atom. The summed E-state index contributed by atoms with van der Waals surface area (Å²) in [5.41, 5.74) is 2.10. The molecule has 2 amide bonds. The molecular formula is C16H28N6O3S. The van der Waals surface area contributed by atoms with Crippen LogP contribution in [0.5, 0.6) is 0 Å². The first kappa shape index (κ1) is 19.1. The van der Waals surface area contributed by atoms with Crippen LogP contribution >= 0.6 is 0 Å². The number of aromatic nitrogens is 3. The van der Waals surface area contributed by atoms with Crippen LogP contribution in [0.4, 0.5) is 4.79 Å². The second-order valence-corrected chi connectivity index (χ2v) is 9.24. The highest BCUT2D eigenvalue weighted by molar-refractivity contribution is 7.89. The van der Waals surface area contributed by atoms with Gasteiger partial charge in [-0.15, -0.1) is 5.10 Å². The minimum absolute atomic E-state index is 0.0127. The lowest BCUT2D eigenvalue weighted by molar-refractivity contribution is 0.222. The summed E-state index contributed by atoms with van der Waals surface area (Å²) in [6, 6.07) is -0.111. The zero-order chi connectivity index (χ0) is 18.7. The number of nitrogens with zero attached hydrogens (tertiary/aromatic N) is 4. The molecule has 0 saturated carbocycles. The second-order valence-electron chi connectivity index (χ2n) is 7.15. The lowest BCUT2D eigenvalue weighted by Crippen LogP contribution is -2.51. The third kappa shape index (κ3) is 4.35. The number of nitrogens with one attached hydrogen (secondary N) is 2. The maximum absolute atomic E-state index is 12.3. The molecule has 0 aromatic carbocycles. The van der Waals surface area contributed by atoms with Gasteiger partial charge < -0.3 is 10.6 Å². The van der Waals surface area contributed by atoms with Gasteiger partial charge in [0.1, 0.15) is 0 Å². The van der Waals surface area contributed by atoms with Crippen LogP contribution in [-0.4, -0.2) is 64.7 Å². The number of sulfonamides is 1. The number of amides is 2. The fourth-order valence-corrected chi connectivity index (χ4v) is 5.27. The molecule has 1 atom stereocenters. The highest BCUT2D eigenvalue weighted by atomic mass is 32.2. The zero-order valence-electron chi connectivity index (χ0n) is 15.4. The third-order valence-corrected chi connectivity index (χ3v) is 7.25. The van der Waals surface area contributed by atoms with Crippen LogP contribution in [0.1, 0.15) is 44.0 Å². The average molecular weight is 385 g/mol. The Balaban J connectivity index is 1.44. The summed E-state index contributed by atoms with van der Waals surface area (Å²) in [5.74, 6) is 0.192. The Labute approximate surface area is 154 Å². The lowest BCUT2D eigenvalue weighted by atomic mass is 9.96. The maximum Gasteiger partial charge on any atom is 0.315 e. The van der Waals surface area contributed by atoms with Crippen molar-refractivity contribution in [2.24, 2.45) is 7.05 Å². The van der Waals surface area contributed by atoms with E-state index in [2.05, 4.69) is 20.9 Å². The summed E-state index contributed by atoms with van der Waals surface area (Å²) < 4.78 is 27.5. The highest BCUT2D eigenvalue weighted by Crippen LogP contribution is 2.19. The Bertz CT molecular complexity index is 739. The molecule has 0 bridgehead atoms. The number of aryl methyl sites for hydroxylation is 1. The third-order valence-electron chi connectivity index (χ3n) is 5.17. The van der Waals surface area contributed by atoms with E-state index in [0.717, 1.165) is 24.2 Å². The van der Waals surface area contributed by atoms with Crippen LogP contribution in [0, 0.1) is 0 Å². The zero-order valence-corrected chi connectivity index (χ0v) is 16.3. The molecule has 2 aliphatic rings. The van der Waals surface area contributed by atoms with Crippen molar-refractivity contribution in [2.45, 2.75) is 57.5 Å². The van der Waals surface area contributed by atoms with Gasteiger partial charge in [-0.2, -0.15) is 0 Å². The van der Waals surface area contributed by atoms with Gasteiger partial charge in [-0.25, -0.2) is 17.5 Å². The van der Waals surface area contributed by atoms with Gasteiger partial charge >= 0.3 is 6.03 Å². The van der Waals surface area contributed by atoms with Gasteiger partial charge in [0, 0.05) is 38.6 Å². The van der Waals surface area contributed by atoms with Crippen molar-refractivity contribution in [3.8, 4) is 0 Å². The van der Waals surface area contributed by atoms with E-state index in [4.69, 9.17) is 0 Å². The summed E-state index contributed by atoms with van der Waals surface area (Å²) in [4.78, 5) is 12.3. The monoisotopic (exact) mass is 384 g/mol. The molecule has 0 radical (unpaired) electrons. The van der Waals surface area contributed by atoms with Crippen molar-refractivity contribution in [1.82, 2.24) is 29.9 Å². The number of carbonyl (C=O) groups excluding carboxylic acids is 1. The van der Waals surface area contributed by atoms with Crippen LogP contribution in [0.2, 0.25) is 0 Å². The quantitative estimate of drug-likeness (QED) is 0.752. The van der Waals surface area contributed by atoms with Crippen molar-refractivity contribution in [1.29, 1.82) is 0 Å². The first-order valence-electron chi connectivity index (χ1n) is 9.31. The molecule has 146 valence electrons. The standard InChI is InChI=1S/C16H28N6O3S/c1-3-10-26(24,25)22-8-6-12(7-9-22)17-16(23)18-13-4-5-15-14(11-13)19-20-21(15)2/h12-13H,3-11H2,1-2H3,(H2,17,18,23). The van der Waals surface area contributed by atoms with Gasteiger partial charge in [0.05, 0.1) is 17.1 Å². The van der Waals surface area contributed by atoms with E-state index < -0.39 is 10.0 Å². The van der Waals surface area contributed by atoms with Crippen molar-refractivity contribution in [2.75, 3.05) is 18.8 Å². The van der Waals surface area contributed by atoms with Crippen molar-refractivity contribution in [3.63, 3.8) is 0 Å². The number of urea groups is 1. The van der Waals surface area contributed by atoms with Gasteiger partial charge in [-0.05, 0) is 32.1 Å². The summed E-state index contributed by atoms with van der Waals surface area (Å²) in [6.07, 6.45) is 4.35. The number of rotatable bonds is 5. The Hall–Kier alpha value is -1.68. The minimum Gasteiger partial charge on any atom is -0.335 e. The number of hydrogen-bond donors (Lipinski definition) is 2. The Morgan fingerprint density at radius 1 is 1.19 bits per heavy atom. The van der Waals surface area contributed by atoms with E-state index >= 15 is 0 Å². The summed E-state index contributed by atoms with van der Waals surface area (Å²) in [7, 11) is -1.26. The number of carbonyl (C=O) groups is 1. The molecule has 1 aromatic heterocycles. The summed E-state index contributed by atoms with van der Waals surface area (Å²) in [6.45, 7) is 2.81. The summed E-state index contributed by atoms with van der Waals surface area (Å²) >= 11 is 0. The van der Waals surface area contributed by atoms with Gasteiger partial charge in [0.15, 0.2) is 0 Å². The van der Waals surface area contributed by atoms with Crippen LogP contribution in [0.25, 0.3) is 0 Å². The fraction of sp³-hybridized carbons (Fsp3) is 0.812. The molecule has 1 aliphatic carbocycles. The largest absolute Gasteiger partial charge is 0.335 e. The van der Waals surface area contributed by atoms with Crippen molar-refractivity contribution >= 4 is 16.1 Å². The molecule has 3 rings (SSSR count). The van der Waals surface area contributed by atoms with E-state index in [1.807, 2.05) is 14.0 Å². The molecule has 0 spiro atoms. The van der Waals surface area contributed by atoms with Gasteiger partial charge in [0.2, 0.25) is 10.0 Å². The average Bonchev–Trinajstić information content (AvgIpc) is 2.96. The molecule has 2 N–H and O–H groups in total. The van der Waals surface area contributed by atoms with Crippen LogP contribution in [0.15, 0.2) is 0 Å². The smallest absolute Gasteiger partial charge is 0.315 e. The number of fused-ring (bicyclic) bond motifs is 1. The predicted molar refractivity (Wildman–Crippen MR) is 97.2 cm³/mol. The molecule has 2 heterocycles. The second kappa shape index (κ2) is 7.91. The molecule has 10 heteroatoms. The van der Waals surface area contributed by atoms with Gasteiger partial charge in [-0.3, -0.25) is 4.68 Å². The fourth-order valence-electron chi connectivity index (χ4n) is 3.73. The Morgan fingerprint density at radius 3 is 2.58 bits per heavy atom. The van der Waals surface area contributed by atoms with Crippen LogP contribution in [0.3, 0.4) is 0 Å². The highest BCUT2D eigenvalue weighted by Gasteiger charge is 2.29. The van der Waals surface area contributed by atoms with Gasteiger partial charge in [-0.1, -0.05) is 12.1 Å². The van der Waals surface area contributed by atoms with Gasteiger partial charge in [0.25, 0.3) is 0 Å². The van der Waals surface area contributed by atoms with E-state index in [9.17, 15) is 13.2 Å². The summed E-state index contributed by atoms with van der Waals surface area (Å²) in [5, 5.41) is 14.2. The molecule has 9 nitrogen and oxygen atoms in total. The minimum atomic E-state index is -3.14. The molecule has 1 aliphatic heterocycles. The van der Waals surface area contributed by atoms with E-state index in [0.29, 0.717) is 38.8 Å². The van der Waals surface area contributed by atoms with Crippen molar-refractivity contribution < 1.29 is 13.2 Å².